The Bertz CT molecular complexity index is 496. The smallest absolute Gasteiger partial charge is 0.138 e. The van der Waals surface area contributed by atoms with Gasteiger partial charge in [0.1, 0.15) is 17.4 Å². The van der Waals surface area contributed by atoms with E-state index in [0.29, 0.717) is 18.2 Å². The molecule has 0 bridgehead atoms. The van der Waals surface area contributed by atoms with Crippen molar-refractivity contribution < 1.29 is 4.74 Å². The Hall–Kier alpha value is -1.84. The van der Waals surface area contributed by atoms with Crippen LogP contribution in [0.1, 0.15) is 12.7 Å². The van der Waals surface area contributed by atoms with Crippen LogP contribution in [0, 0.1) is 6.92 Å². The number of hydrogen-bond donors (Lipinski definition) is 1. The lowest BCUT2D eigenvalue weighted by Crippen LogP contribution is -2.00. The number of benzene rings is 1. The molecular formula is C11H13N3O. The van der Waals surface area contributed by atoms with Gasteiger partial charge in [0, 0.05) is 0 Å². The van der Waals surface area contributed by atoms with Crippen molar-refractivity contribution in [1.82, 2.24) is 9.97 Å². The van der Waals surface area contributed by atoms with E-state index in [9.17, 15) is 0 Å². The van der Waals surface area contributed by atoms with Gasteiger partial charge in [-0.15, -0.1) is 0 Å². The van der Waals surface area contributed by atoms with E-state index in [-0.39, 0.29) is 0 Å². The normalized spacial score (nSPS) is 10.5. The summed E-state index contributed by atoms with van der Waals surface area (Å²) in [4.78, 5) is 8.44. The third-order valence-electron chi connectivity index (χ3n) is 2.12. The molecule has 4 nitrogen and oxygen atoms in total. The zero-order chi connectivity index (χ0) is 10.8. The molecule has 2 rings (SSSR count). The molecule has 78 valence electrons. The number of nitrogen functional groups attached to an aromatic ring is 1. The summed E-state index contributed by atoms with van der Waals surface area (Å²) in [6.45, 7) is 4.36. The largest absolute Gasteiger partial charge is 0.493 e. The predicted octanol–water partition coefficient (Wildman–Crippen LogP) is 1.92. The van der Waals surface area contributed by atoms with Crippen molar-refractivity contribution in [1.29, 1.82) is 0 Å². The van der Waals surface area contributed by atoms with E-state index in [0.717, 1.165) is 16.7 Å². The van der Waals surface area contributed by atoms with E-state index < -0.39 is 0 Å². The molecule has 1 heterocycles. The molecule has 0 aliphatic rings. The molecule has 2 aromatic rings. The number of anilines is 1. The van der Waals surface area contributed by atoms with Crippen LogP contribution < -0.4 is 10.5 Å². The average Bonchev–Trinajstić information content (AvgIpc) is 2.17. The van der Waals surface area contributed by atoms with Gasteiger partial charge in [-0.25, -0.2) is 9.97 Å². The topological polar surface area (TPSA) is 61.0 Å². The first-order chi connectivity index (χ1) is 7.22. The molecule has 15 heavy (non-hydrogen) atoms. The maximum absolute atomic E-state index is 5.86. The maximum atomic E-state index is 5.86. The van der Waals surface area contributed by atoms with Crippen molar-refractivity contribution in [2.75, 3.05) is 12.3 Å². The fourth-order valence-corrected chi connectivity index (χ4v) is 1.58. The summed E-state index contributed by atoms with van der Waals surface area (Å²) in [6.07, 6.45) is 0. The van der Waals surface area contributed by atoms with Crippen LogP contribution >= 0.6 is 0 Å². The zero-order valence-corrected chi connectivity index (χ0v) is 8.82. The van der Waals surface area contributed by atoms with E-state index in [4.69, 9.17) is 10.5 Å². The van der Waals surface area contributed by atoms with Gasteiger partial charge >= 0.3 is 0 Å². The minimum absolute atomic E-state index is 0.474. The van der Waals surface area contributed by atoms with E-state index in [1.165, 1.54) is 0 Å². The molecule has 1 aromatic heterocycles. The van der Waals surface area contributed by atoms with Crippen molar-refractivity contribution in [2.45, 2.75) is 13.8 Å². The van der Waals surface area contributed by atoms with Crippen LogP contribution in [0.5, 0.6) is 5.75 Å². The van der Waals surface area contributed by atoms with Crippen LogP contribution in [0.2, 0.25) is 0 Å². The Morgan fingerprint density at radius 1 is 1.33 bits per heavy atom. The fourth-order valence-electron chi connectivity index (χ4n) is 1.58. The molecule has 0 aliphatic heterocycles. The molecule has 0 atom stereocenters. The van der Waals surface area contributed by atoms with Crippen molar-refractivity contribution in [3.05, 3.63) is 24.0 Å². The van der Waals surface area contributed by atoms with Gasteiger partial charge in [-0.2, -0.15) is 0 Å². The minimum atomic E-state index is 0.474. The van der Waals surface area contributed by atoms with Crippen LogP contribution in [0.3, 0.4) is 0 Å². The van der Waals surface area contributed by atoms with Gasteiger partial charge in [-0.1, -0.05) is 6.07 Å². The summed E-state index contributed by atoms with van der Waals surface area (Å²) in [7, 11) is 0. The van der Waals surface area contributed by atoms with Gasteiger partial charge in [0.25, 0.3) is 0 Å². The second-order valence-corrected chi connectivity index (χ2v) is 3.24. The first-order valence-corrected chi connectivity index (χ1v) is 4.88. The molecule has 0 unspecified atom stereocenters. The Balaban J connectivity index is 2.73. The first-order valence-electron chi connectivity index (χ1n) is 4.88. The zero-order valence-electron chi connectivity index (χ0n) is 8.82. The second kappa shape index (κ2) is 3.73. The number of hydrogen-bond acceptors (Lipinski definition) is 4. The molecule has 0 fully saturated rings. The van der Waals surface area contributed by atoms with E-state index >= 15 is 0 Å². The highest BCUT2D eigenvalue weighted by atomic mass is 16.5. The number of nitrogens with two attached hydrogens (primary N) is 1. The van der Waals surface area contributed by atoms with Crippen molar-refractivity contribution in [3.63, 3.8) is 0 Å². The molecule has 4 heteroatoms. The van der Waals surface area contributed by atoms with Crippen LogP contribution in [-0.4, -0.2) is 16.6 Å². The number of fused-ring (bicyclic) bond motifs is 1. The predicted molar refractivity (Wildman–Crippen MR) is 59.9 cm³/mol. The molecule has 0 spiro atoms. The molecule has 0 aliphatic carbocycles. The Labute approximate surface area is 88.1 Å². The first kappa shape index (κ1) is 9.71. The van der Waals surface area contributed by atoms with E-state index in [2.05, 4.69) is 9.97 Å². The summed E-state index contributed by atoms with van der Waals surface area (Å²) in [5.41, 5.74) is 6.68. The Kier molecular flexibility index (Phi) is 2.41. The quantitative estimate of drug-likeness (QED) is 0.810. The van der Waals surface area contributed by atoms with Gasteiger partial charge in [0.2, 0.25) is 0 Å². The highest BCUT2D eigenvalue weighted by Crippen LogP contribution is 2.28. The molecule has 0 saturated heterocycles. The molecule has 1 aromatic carbocycles. The van der Waals surface area contributed by atoms with Gasteiger partial charge in [-0.3, -0.25) is 0 Å². The summed E-state index contributed by atoms with van der Waals surface area (Å²) in [5, 5.41) is 0.796. The standard InChI is InChI=1S/C11H13N3O/c1-3-15-9-6-4-5-8-10(9)11(12)14-7(2)13-8/h4-6H,3H2,1-2H3,(H2,12,13,14). The van der Waals surface area contributed by atoms with E-state index in [1.807, 2.05) is 32.0 Å². The Morgan fingerprint density at radius 2 is 2.13 bits per heavy atom. The third kappa shape index (κ3) is 1.70. The molecule has 0 saturated carbocycles. The lowest BCUT2D eigenvalue weighted by Gasteiger charge is -2.08. The summed E-state index contributed by atoms with van der Waals surface area (Å²) in [6, 6.07) is 5.68. The number of nitrogens with zero attached hydrogens (tertiary/aromatic N) is 2. The highest BCUT2D eigenvalue weighted by Gasteiger charge is 2.08. The van der Waals surface area contributed by atoms with Crippen molar-refractivity contribution in [3.8, 4) is 5.75 Å². The van der Waals surface area contributed by atoms with Crippen LogP contribution in [0.15, 0.2) is 18.2 Å². The van der Waals surface area contributed by atoms with Gasteiger partial charge in [0.05, 0.1) is 17.5 Å². The monoisotopic (exact) mass is 203 g/mol. The minimum Gasteiger partial charge on any atom is -0.493 e. The molecule has 0 radical (unpaired) electrons. The lowest BCUT2D eigenvalue weighted by atomic mass is 10.2. The fraction of sp³-hybridized carbons (Fsp3) is 0.273. The van der Waals surface area contributed by atoms with Crippen molar-refractivity contribution >= 4 is 16.7 Å². The van der Waals surface area contributed by atoms with Gasteiger partial charge < -0.3 is 10.5 Å². The highest BCUT2D eigenvalue weighted by molar-refractivity contribution is 5.93. The third-order valence-corrected chi connectivity index (χ3v) is 2.12. The molecule has 0 amide bonds. The van der Waals surface area contributed by atoms with E-state index in [1.54, 1.807) is 0 Å². The SMILES string of the molecule is CCOc1cccc2nc(C)nc(N)c12. The van der Waals surface area contributed by atoms with Gasteiger partial charge in [-0.05, 0) is 26.0 Å². The second-order valence-electron chi connectivity index (χ2n) is 3.24. The van der Waals surface area contributed by atoms with Crippen molar-refractivity contribution in [2.24, 2.45) is 0 Å². The molecule has 2 N–H and O–H groups in total. The number of rotatable bonds is 2. The Morgan fingerprint density at radius 3 is 2.87 bits per heavy atom. The number of aromatic nitrogens is 2. The van der Waals surface area contributed by atoms with Crippen LogP contribution in [-0.2, 0) is 0 Å². The van der Waals surface area contributed by atoms with Gasteiger partial charge in [0.15, 0.2) is 0 Å². The molecular weight excluding hydrogens is 190 g/mol. The summed E-state index contributed by atoms with van der Waals surface area (Å²) < 4.78 is 5.48. The van der Waals surface area contributed by atoms with Crippen LogP contribution in [0.4, 0.5) is 5.82 Å². The summed E-state index contributed by atoms with van der Waals surface area (Å²) >= 11 is 0. The maximum Gasteiger partial charge on any atom is 0.138 e. The van der Waals surface area contributed by atoms with Crippen LogP contribution in [0.25, 0.3) is 10.9 Å². The average molecular weight is 203 g/mol. The lowest BCUT2D eigenvalue weighted by molar-refractivity contribution is 0.344. The summed E-state index contributed by atoms with van der Waals surface area (Å²) in [5.74, 6) is 1.89. The number of ether oxygens (including phenoxy) is 1. The number of aryl methyl sites for hydroxylation is 1.